The van der Waals surface area contributed by atoms with E-state index in [2.05, 4.69) is 10.2 Å². The van der Waals surface area contributed by atoms with E-state index in [-0.39, 0.29) is 43.6 Å². The molecule has 42 heavy (non-hydrogen) atoms. The number of alkyl halides is 5. The van der Waals surface area contributed by atoms with Crippen molar-refractivity contribution in [1.82, 2.24) is 15.1 Å². The number of anilines is 1. The molecular weight excluding hydrogens is 565 g/mol. The van der Waals surface area contributed by atoms with Gasteiger partial charge in [0.25, 0.3) is 5.91 Å². The quantitative estimate of drug-likeness (QED) is 0.337. The first-order valence-electron chi connectivity index (χ1n) is 13.8. The standard InChI is InChI=1S/C28H30F5N5O4/c1-34-21-13-26(17-5-3-4-6-18(17)35-24(26)41)14-38(21)23(40)20(12-16-9-10-16)37(2)22(39)19(11-15-7-8-15)36-25(42)27(29,30)28(31,32)33/h3-6,15-16,19-21H,7-14H2,2H3,(H,35,41)(H,36,42)/t19-,20-,21-,26-/m0/s1. The van der Waals surface area contributed by atoms with E-state index in [9.17, 15) is 41.1 Å². The van der Waals surface area contributed by atoms with E-state index in [0.717, 1.165) is 17.7 Å². The zero-order valence-electron chi connectivity index (χ0n) is 22.7. The molecule has 2 aliphatic heterocycles. The molecule has 1 aromatic carbocycles. The monoisotopic (exact) mass is 595 g/mol. The Bertz CT molecular complexity index is 1340. The number of likely N-dealkylation sites (tertiary alicyclic amines) is 1. The van der Waals surface area contributed by atoms with Gasteiger partial charge in [-0.25, -0.2) is 6.57 Å². The van der Waals surface area contributed by atoms with Crippen LogP contribution in [0.4, 0.5) is 27.6 Å². The van der Waals surface area contributed by atoms with Gasteiger partial charge in [-0.15, -0.1) is 0 Å². The molecule has 2 aliphatic carbocycles. The first-order chi connectivity index (χ1) is 19.7. The average molecular weight is 596 g/mol. The Morgan fingerprint density at radius 1 is 1.12 bits per heavy atom. The summed E-state index contributed by atoms with van der Waals surface area (Å²) in [4.78, 5) is 58.6. The third kappa shape index (κ3) is 5.29. The molecule has 14 heteroatoms. The van der Waals surface area contributed by atoms with Crippen LogP contribution in [0.3, 0.4) is 0 Å². The number of hydrogen-bond donors (Lipinski definition) is 2. The van der Waals surface area contributed by atoms with Gasteiger partial charge in [0.05, 0.1) is 6.42 Å². The molecule has 2 N–H and O–H groups in total. The number of nitrogens with one attached hydrogen (secondary N) is 2. The summed E-state index contributed by atoms with van der Waals surface area (Å²) in [6.07, 6.45) is -4.31. The molecule has 2 heterocycles. The lowest BCUT2D eigenvalue weighted by Crippen LogP contribution is -2.59. The van der Waals surface area contributed by atoms with Crippen molar-refractivity contribution in [3.8, 4) is 0 Å². The summed E-state index contributed by atoms with van der Waals surface area (Å²) in [5.74, 6) is -10.4. The molecule has 1 saturated heterocycles. The number of fused-ring (bicyclic) bond motifs is 2. The van der Waals surface area contributed by atoms with Crippen LogP contribution in [0.15, 0.2) is 24.3 Å². The lowest BCUT2D eigenvalue weighted by atomic mass is 9.80. The van der Waals surface area contributed by atoms with Crippen molar-refractivity contribution in [2.45, 2.75) is 80.7 Å². The number of likely N-dealkylation sites (N-methyl/N-ethyl adjacent to an activating group) is 1. The van der Waals surface area contributed by atoms with E-state index in [4.69, 9.17) is 6.57 Å². The van der Waals surface area contributed by atoms with Crippen LogP contribution in [0.25, 0.3) is 4.85 Å². The van der Waals surface area contributed by atoms with E-state index in [0.29, 0.717) is 24.1 Å². The highest BCUT2D eigenvalue weighted by molar-refractivity contribution is 6.07. The van der Waals surface area contributed by atoms with Crippen LogP contribution >= 0.6 is 0 Å². The largest absolute Gasteiger partial charge is 0.463 e. The number of benzene rings is 1. The molecule has 2 saturated carbocycles. The summed E-state index contributed by atoms with van der Waals surface area (Å²) in [5, 5.41) is 4.40. The van der Waals surface area contributed by atoms with Crippen LogP contribution in [0, 0.1) is 18.4 Å². The maximum Gasteiger partial charge on any atom is 0.463 e. The Morgan fingerprint density at radius 3 is 2.33 bits per heavy atom. The van der Waals surface area contributed by atoms with E-state index in [1.54, 1.807) is 29.6 Å². The normalized spacial score (nSPS) is 24.9. The van der Waals surface area contributed by atoms with Gasteiger partial charge in [0.15, 0.2) is 0 Å². The molecular formula is C28H30F5N5O4. The molecule has 0 unspecified atom stereocenters. The van der Waals surface area contributed by atoms with Gasteiger partial charge in [-0.2, -0.15) is 22.0 Å². The number of halogens is 5. The van der Waals surface area contributed by atoms with Crippen molar-refractivity contribution in [3.05, 3.63) is 41.2 Å². The first-order valence-corrected chi connectivity index (χ1v) is 13.8. The number of carbonyl (C=O) groups excluding carboxylic acids is 4. The molecule has 1 aromatic rings. The summed E-state index contributed by atoms with van der Waals surface area (Å²) in [6.45, 7) is 7.63. The number of hydrogen-bond acceptors (Lipinski definition) is 4. The third-order valence-corrected chi connectivity index (χ3v) is 8.75. The van der Waals surface area contributed by atoms with Crippen molar-refractivity contribution in [3.63, 3.8) is 0 Å². The molecule has 0 bridgehead atoms. The van der Waals surface area contributed by atoms with Crippen molar-refractivity contribution in [1.29, 1.82) is 0 Å². The van der Waals surface area contributed by atoms with Crippen LogP contribution in [0.2, 0.25) is 0 Å². The van der Waals surface area contributed by atoms with Crippen LogP contribution in [-0.4, -0.2) is 77.4 Å². The fourth-order valence-electron chi connectivity index (χ4n) is 5.93. The third-order valence-electron chi connectivity index (χ3n) is 8.75. The molecule has 1 spiro atoms. The number of nitrogens with zero attached hydrogens (tertiary/aromatic N) is 3. The van der Waals surface area contributed by atoms with E-state index in [1.165, 1.54) is 11.9 Å². The molecule has 0 radical (unpaired) electrons. The van der Waals surface area contributed by atoms with Crippen molar-refractivity contribution >= 4 is 29.3 Å². The Morgan fingerprint density at radius 2 is 1.74 bits per heavy atom. The second-order valence-corrected chi connectivity index (χ2v) is 11.8. The number of para-hydroxylation sites is 1. The minimum Gasteiger partial charge on any atom is -0.339 e. The molecule has 4 aliphatic rings. The molecule has 4 atom stereocenters. The van der Waals surface area contributed by atoms with Gasteiger partial charge >= 0.3 is 24.2 Å². The highest BCUT2D eigenvalue weighted by Gasteiger charge is 2.64. The second kappa shape index (κ2) is 10.5. The molecule has 4 amide bonds. The van der Waals surface area contributed by atoms with Crippen LogP contribution < -0.4 is 10.6 Å². The number of rotatable bonds is 9. The fourth-order valence-corrected chi connectivity index (χ4v) is 5.93. The number of amides is 4. The van der Waals surface area contributed by atoms with E-state index >= 15 is 0 Å². The summed E-state index contributed by atoms with van der Waals surface area (Å²) in [5.41, 5.74) is 0.0661. The predicted octanol–water partition coefficient (Wildman–Crippen LogP) is 3.46. The Hall–Kier alpha value is -3.76. The van der Waals surface area contributed by atoms with Gasteiger partial charge in [0, 0.05) is 19.3 Å². The Kier molecular flexibility index (Phi) is 7.43. The summed E-state index contributed by atoms with van der Waals surface area (Å²) >= 11 is 0. The first kappa shape index (κ1) is 29.7. The second-order valence-electron chi connectivity index (χ2n) is 11.8. The van der Waals surface area contributed by atoms with Gasteiger partial charge in [0.1, 0.15) is 17.5 Å². The van der Waals surface area contributed by atoms with Gasteiger partial charge in [-0.3, -0.25) is 28.9 Å². The maximum atomic E-state index is 14.1. The summed E-state index contributed by atoms with van der Waals surface area (Å²) in [7, 11) is 1.25. The average Bonchev–Trinajstić information content (AvgIpc) is 3.87. The van der Waals surface area contributed by atoms with E-state index < -0.39 is 53.5 Å². The lowest BCUT2D eigenvalue weighted by Gasteiger charge is -2.34. The topological polar surface area (TPSA) is 103 Å². The smallest absolute Gasteiger partial charge is 0.339 e. The van der Waals surface area contributed by atoms with Crippen LogP contribution in [0.1, 0.15) is 50.5 Å². The van der Waals surface area contributed by atoms with Gasteiger partial charge in [0.2, 0.25) is 11.8 Å². The Labute approximate surface area is 238 Å². The lowest BCUT2D eigenvalue weighted by molar-refractivity contribution is -0.270. The zero-order valence-corrected chi connectivity index (χ0v) is 22.7. The summed E-state index contributed by atoms with van der Waals surface area (Å²) < 4.78 is 66.0. The van der Waals surface area contributed by atoms with Crippen LogP contribution in [-0.2, 0) is 24.6 Å². The number of carbonyl (C=O) groups is 4. The highest BCUT2D eigenvalue weighted by Crippen LogP contribution is 2.47. The molecule has 9 nitrogen and oxygen atoms in total. The van der Waals surface area contributed by atoms with Crippen molar-refractivity contribution in [2.75, 3.05) is 18.9 Å². The van der Waals surface area contributed by atoms with Gasteiger partial charge in [-0.1, -0.05) is 43.9 Å². The van der Waals surface area contributed by atoms with Crippen molar-refractivity contribution in [2.24, 2.45) is 11.8 Å². The van der Waals surface area contributed by atoms with Crippen molar-refractivity contribution < 1.29 is 41.1 Å². The minimum absolute atomic E-state index is 0.0335. The van der Waals surface area contributed by atoms with Gasteiger partial charge in [-0.05, 0) is 36.3 Å². The fraction of sp³-hybridized carbons (Fsp3) is 0.607. The predicted molar refractivity (Wildman–Crippen MR) is 138 cm³/mol. The Balaban J connectivity index is 1.39. The zero-order chi connectivity index (χ0) is 30.6. The van der Waals surface area contributed by atoms with Crippen LogP contribution in [0.5, 0.6) is 0 Å². The summed E-state index contributed by atoms with van der Waals surface area (Å²) in [6, 6.07) is 4.09. The maximum absolute atomic E-state index is 14.1. The SMILES string of the molecule is [C-]#[N+][C@@H]1C[C@@]2(CN1C(=O)[C@H](CC1CC1)N(C)C(=O)[C@H](CC1CC1)NC(=O)C(F)(F)C(F)(F)F)C(=O)Nc1ccccc12. The molecule has 3 fully saturated rings. The van der Waals surface area contributed by atoms with Gasteiger partial charge < -0.3 is 15.5 Å². The molecule has 226 valence electrons. The van der Waals surface area contributed by atoms with E-state index in [1.807, 2.05) is 0 Å². The molecule has 0 aromatic heterocycles. The minimum atomic E-state index is -6.15. The highest BCUT2D eigenvalue weighted by atomic mass is 19.4. The molecule has 5 rings (SSSR count).